The standard InChI is InChI=1S/C13H19N3O3/c1-15-11(17)7-10(13(15)19)16-6-2-3-9(12(16)18)14-8-4-5-8/h8-10,14H,2-7H2,1H3. The van der Waals surface area contributed by atoms with Gasteiger partial charge in [0.1, 0.15) is 6.04 Å². The molecule has 2 heterocycles. The molecule has 0 spiro atoms. The normalized spacial score (nSPS) is 32.4. The van der Waals surface area contributed by atoms with Gasteiger partial charge in [-0.05, 0) is 25.7 Å². The summed E-state index contributed by atoms with van der Waals surface area (Å²) in [6.45, 7) is 0.583. The van der Waals surface area contributed by atoms with Crippen LogP contribution in [-0.2, 0) is 14.4 Å². The molecule has 6 nitrogen and oxygen atoms in total. The first-order valence-corrected chi connectivity index (χ1v) is 6.95. The van der Waals surface area contributed by atoms with Crippen molar-refractivity contribution in [3.05, 3.63) is 0 Å². The van der Waals surface area contributed by atoms with Gasteiger partial charge in [-0.3, -0.25) is 19.3 Å². The largest absolute Gasteiger partial charge is 0.329 e. The predicted octanol–water partition coefficient (Wildman–Crippen LogP) is -0.513. The second-order valence-corrected chi connectivity index (χ2v) is 5.68. The van der Waals surface area contributed by atoms with Crippen molar-refractivity contribution in [3.8, 4) is 0 Å². The number of rotatable bonds is 3. The minimum absolute atomic E-state index is 0.0143. The Bertz CT molecular complexity index is 433. The third kappa shape index (κ3) is 2.25. The molecule has 19 heavy (non-hydrogen) atoms. The summed E-state index contributed by atoms with van der Waals surface area (Å²) in [6.07, 6.45) is 4.12. The molecule has 0 aromatic rings. The highest BCUT2D eigenvalue weighted by Crippen LogP contribution is 2.25. The Labute approximate surface area is 112 Å². The van der Waals surface area contributed by atoms with Crippen molar-refractivity contribution in [3.63, 3.8) is 0 Å². The fourth-order valence-electron chi connectivity index (χ4n) is 2.88. The topological polar surface area (TPSA) is 69.7 Å². The van der Waals surface area contributed by atoms with E-state index < -0.39 is 6.04 Å². The van der Waals surface area contributed by atoms with Gasteiger partial charge in [0.05, 0.1) is 12.5 Å². The van der Waals surface area contributed by atoms with Crippen LogP contribution in [-0.4, -0.2) is 59.2 Å². The molecule has 3 rings (SSSR count). The lowest BCUT2D eigenvalue weighted by molar-refractivity contribution is -0.146. The maximum absolute atomic E-state index is 12.4. The molecular formula is C13H19N3O3. The van der Waals surface area contributed by atoms with E-state index in [9.17, 15) is 14.4 Å². The Kier molecular flexibility index (Phi) is 3.05. The van der Waals surface area contributed by atoms with E-state index >= 15 is 0 Å². The van der Waals surface area contributed by atoms with Crippen LogP contribution < -0.4 is 5.32 Å². The minimum Gasteiger partial charge on any atom is -0.329 e. The molecule has 2 aliphatic heterocycles. The van der Waals surface area contributed by atoms with Gasteiger partial charge in [0.25, 0.3) is 5.91 Å². The molecule has 3 amide bonds. The zero-order valence-electron chi connectivity index (χ0n) is 11.1. The Hall–Kier alpha value is -1.43. The molecule has 2 atom stereocenters. The van der Waals surface area contributed by atoms with Gasteiger partial charge in [-0.1, -0.05) is 0 Å². The average molecular weight is 265 g/mol. The number of hydrogen-bond donors (Lipinski definition) is 1. The SMILES string of the molecule is CN1C(=O)CC(N2CCCC(NC3CC3)C2=O)C1=O. The molecule has 2 saturated heterocycles. The molecule has 3 fully saturated rings. The number of imide groups is 1. The second kappa shape index (κ2) is 4.59. The first-order chi connectivity index (χ1) is 9.08. The number of amides is 3. The highest BCUT2D eigenvalue weighted by Gasteiger charge is 2.44. The number of carbonyl (C=O) groups is 3. The van der Waals surface area contributed by atoms with Gasteiger partial charge in [0.15, 0.2) is 0 Å². The van der Waals surface area contributed by atoms with Crippen molar-refractivity contribution in [2.24, 2.45) is 0 Å². The molecule has 0 radical (unpaired) electrons. The fraction of sp³-hybridized carbons (Fsp3) is 0.769. The van der Waals surface area contributed by atoms with Gasteiger partial charge < -0.3 is 10.2 Å². The molecular weight excluding hydrogens is 246 g/mol. The molecule has 104 valence electrons. The van der Waals surface area contributed by atoms with Gasteiger partial charge >= 0.3 is 0 Å². The van der Waals surface area contributed by atoms with Crippen LogP contribution in [0.25, 0.3) is 0 Å². The molecule has 2 unspecified atom stereocenters. The number of piperidine rings is 1. The first-order valence-electron chi connectivity index (χ1n) is 6.95. The molecule has 0 aromatic heterocycles. The van der Waals surface area contributed by atoms with Crippen LogP contribution in [0.1, 0.15) is 32.1 Å². The number of carbonyl (C=O) groups excluding carboxylic acids is 3. The van der Waals surface area contributed by atoms with Gasteiger partial charge in [-0.15, -0.1) is 0 Å². The van der Waals surface area contributed by atoms with Crippen molar-refractivity contribution in [1.29, 1.82) is 0 Å². The van der Waals surface area contributed by atoms with Gasteiger partial charge in [0.2, 0.25) is 11.8 Å². The van der Waals surface area contributed by atoms with Gasteiger partial charge in [-0.25, -0.2) is 0 Å². The molecule has 1 N–H and O–H groups in total. The summed E-state index contributed by atoms with van der Waals surface area (Å²) in [7, 11) is 1.49. The number of nitrogens with one attached hydrogen (secondary N) is 1. The summed E-state index contributed by atoms with van der Waals surface area (Å²) in [4.78, 5) is 38.7. The summed E-state index contributed by atoms with van der Waals surface area (Å²) in [6, 6.07) is -0.277. The van der Waals surface area contributed by atoms with Crippen molar-refractivity contribution >= 4 is 17.7 Å². The number of likely N-dealkylation sites (N-methyl/N-ethyl adjacent to an activating group) is 1. The molecule has 1 saturated carbocycles. The van der Waals surface area contributed by atoms with Crippen LogP contribution in [0.5, 0.6) is 0 Å². The van der Waals surface area contributed by atoms with E-state index in [1.165, 1.54) is 7.05 Å². The Morgan fingerprint density at radius 3 is 2.42 bits per heavy atom. The monoisotopic (exact) mass is 265 g/mol. The molecule has 6 heteroatoms. The number of nitrogens with zero attached hydrogens (tertiary/aromatic N) is 2. The van der Waals surface area contributed by atoms with E-state index in [4.69, 9.17) is 0 Å². The van der Waals surface area contributed by atoms with Crippen LogP contribution in [0.4, 0.5) is 0 Å². The predicted molar refractivity (Wildman–Crippen MR) is 67.1 cm³/mol. The number of hydrogen-bond acceptors (Lipinski definition) is 4. The molecule has 3 aliphatic rings. The zero-order chi connectivity index (χ0) is 13.6. The van der Waals surface area contributed by atoms with E-state index in [1.54, 1.807) is 4.90 Å². The quantitative estimate of drug-likeness (QED) is 0.698. The van der Waals surface area contributed by atoms with Crippen LogP contribution in [0, 0.1) is 0 Å². The molecule has 1 aliphatic carbocycles. The summed E-state index contributed by atoms with van der Waals surface area (Å²) in [5.41, 5.74) is 0. The first kappa shape index (κ1) is 12.6. The Morgan fingerprint density at radius 2 is 1.84 bits per heavy atom. The lowest BCUT2D eigenvalue weighted by Crippen LogP contribution is -2.56. The van der Waals surface area contributed by atoms with E-state index in [-0.39, 0.29) is 30.2 Å². The summed E-state index contributed by atoms with van der Waals surface area (Å²) >= 11 is 0. The van der Waals surface area contributed by atoms with Crippen LogP contribution in [0.3, 0.4) is 0 Å². The summed E-state index contributed by atoms with van der Waals surface area (Å²) < 4.78 is 0. The third-order valence-corrected chi connectivity index (χ3v) is 4.22. The second-order valence-electron chi connectivity index (χ2n) is 5.68. The fourth-order valence-corrected chi connectivity index (χ4v) is 2.88. The van der Waals surface area contributed by atoms with Crippen LogP contribution in [0.15, 0.2) is 0 Å². The third-order valence-electron chi connectivity index (χ3n) is 4.22. The van der Waals surface area contributed by atoms with Crippen LogP contribution in [0.2, 0.25) is 0 Å². The lowest BCUT2D eigenvalue weighted by atomic mass is 10.0. The Morgan fingerprint density at radius 1 is 1.11 bits per heavy atom. The summed E-state index contributed by atoms with van der Waals surface area (Å²) in [5, 5.41) is 3.33. The van der Waals surface area contributed by atoms with E-state index in [0.29, 0.717) is 12.6 Å². The average Bonchev–Trinajstić information content (AvgIpc) is 3.17. The molecule has 0 bridgehead atoms. The lowest BCUT2D eigenvalue weighted by Gasteiger charge is -2.35. The highest BCUT2D eigenvalue weighted by atomic mass is 16.2. The smallest absolute Gasteiger partial charge is 0.252 e. The zero-order valence-corrected chi connectivity index (χ0v) is 11.1. The highest BCUT2D eigenvalue weighted by molar-refractivity contribution is 6.06. The maximum Gasteiger partial charge on any atom is 0.252 e. The van der Waals surface area contributed by atoms with Crippen molar-refractivity contribution in [2.45, 2.75) is 50.2 Å². The van der Waals surface area contributed by atoms with E-state index in [2.05, 4.69) is 5.32 Å². The Balaban J connectivity index is 1.71. The minimum atomic E-state index is -0.575. The van der Waals surface area contributed by atoms with Gasteiger partial charge in [-0.2, -0.15) is 0 Å². The van der Waals surface area contributed by atoms with E-state index in [0.717, 1.165) is 30.6 Å². The number of likely N-dealkylation sites (tertiary alicyclic amines) is 2. The van der Waals surface area contributed by atoms with Crippen LogP contribution >= 0.6 is 0 Å². The van der Waals surface area contributed by atoms with Crippen molar-refractivity contribution in [2.75, 3.05) is 13.6 Å². The van der Waals surface area contributed by atoms with Crippen molar-refractivity contribution in [1.82, 2.24) is 15.1 Å². The van der Waals surface area contributed by atoms with E-state index in [1.807, 2.05) is 0 Å². The van der Waals surface area contributed by atoms with Crippen molar-refractivity contribution < 1.29 is 14.4 Å². The summed E-state index contributed by atoms with van der Waals surface area (Å²) in [5.74, 6) is -0.454. The van der Waals surface area contributed by atoms with Gasteiger partial charge in [0, 0.05) is 19.6 Å². The maximum atomic E-state index is 12.4. The molecule has 0 aromatic carbocycles.